The molecule has 1 aliphatic heterocycles. The van der Waals surface area contributed by atoms with Gasteiger partial charge >= 0.3 is 5.97 Å². The van der Waals surface area contributed by atoms with E-state index in [2.05, 4.69) is 20.7 Å². The third-order valence-corrected chi connectivity index (χ3v) is 5.02. The fourth-order valence-electron chi connectivity index (χ4n) is 2.22. The van der Waals surface area contributed by atoms with E-state index in [0.29, 0.717) is 0 Å². The zero-order valence-corrected chi connectivity index (χ0v) is 16.1. The first-order valence-electron chi connectivity index (χ1n) is 7.08. The van der Waals surface area contributed by atoms with Crippen molar-refractivity contribution in [1.29, 1.82) is 0 Å². The van der Waals surface area contributed by atoms with Crippen molar-refractivity contribution in [2.75, 3.05) is 26.1 Å². The predicted molar refractivity (Wildman–Crippen MR) is 97.8 cm³/mol. The summed E-state index contributed by atoms with van der Waals surface area (Å²) in [6.45, 7) is 1.47. The Morgan fingerprint density at radius 1 is 1.38 bits per heavy atom. The molecule has 0 aromatic heterocycles. The summed E-state index contributed by atoms with van der Waals surface area (Å²) in [6, 6.07) is 4.69. The first-order chi connectivity index (χ1) is 11.3. The molecule has 1 saturated heterocycles. The van der Waals surface area contributed by atoms with Gasteiger partial charge in [0.1, 0.15) is 6.04 Å². The van der Waals surface area contributed by atoms with E-state index in [9.17, 15) is 14.4 Å². The SMILES string of the molecule is COC(=O)[C@H](C)N1C(=O)S/C(=C\c2ccc(N(C)C)c(Br)c2)C1=O. The molecule has 2 rings (SSSR count). The van der Waals surface area contributed by atoms with Gasteiger partial charge in [-0.2, -0.15) is 0 Å². The summed E-state index contributed by atoms with van der Waals surface area (Å²) >= 11 is 4.30. The molecule has 0 aliphatic carbocycles. The summed E-state index contributed by atoms with van der Waals surface area (Å²) < 4.78 is 5.48. The van der Waals surface area contributed by atoms with Gasteiger partial charge in [-0.1, -0.05) is 6.07 Å². The van der Waals surface area contributed by atoms with Gasteiger partial charge in [0, 0.05) is 18.6 Å². The number of halogens is 1. The lowest BCUT2D eigenvalue weighted by molar-refractivity contribution is -0.148. The van der Waals surface area contributed by atoms with Gasteiger partial charge in [-0.25, -0.2) is 4.79 Å². The predicted octanol–water partition coefficient (Wildman–Crippen LogP) is 3.11. The van der Waals surface area contributed by atoms with Gasteiger partial charge in [-0.15, -0.1) is 0 Å². The minimum absolute atomic E-state index is 0.278. The second-order valence-corrected chi connectivity index (χ2v) is 7.20. The molecule has 0 unspecified atom stereocenters. The lowest BCUT2D eigenvalue weighted by atomic mass is 10.1. The number of rotatable bonds is 4. The first-order valence-corrected chi connectivity index (χ1v) is 8.69. The average molecular weight is 413 g/mol. The Morgan fingerprint density at radius 2 is 2.04 bits per heavy atom. The number of ether oxygens (including phenoxy) is 1. The van der Waals surface area contributed by atoms with E-state index in [0.717, 1.165) is 32.4 Å². The van der Waals surface area contributed by atoms with Crippen LogP contribution in [0.25, 0.3) is 6.08 Å². The number of carbonyl (C=O) groups is 3. The minimum Gasteiger partial charge on any atom is -0.467 e. The molecule has 2 amide bonds. The Hall–Kier alpha value is -1.80. The summed E-state index contributed by atoms with van der Waals surface area (Å²) in [4.78, 5) is 39.2. The van der Waals surface area contributed by atoms with Crippen LogP contribution in [-0.2, 0) is 14.3 Å². The number of nitrogens with zero attached hydrogens (tertiary/aromatic N) is 2. The van der Waals surface area contributed by atoms with Crippen LogP contribution < -0.4 is 4.90 Å². The minimum atomic E-state index is -0.948. The molecule has 0 bridgehead atoms. The molecule has 0 N–H and O–H groups in total. The normalized spacial score (nSPS) is 17.4. The number of esters is 1. The van der Waals surface area contributed by atoms with Crippen molar-refractivity contribution < 1.29 is 19.1 Å². The van der Waals surface area contributed by atoms with E-state index in [-0.39, 0.29) is 4.91 Å². The molecule has 24 heavy (non-hydrogen) atoms. The molecule has 1 aromatic rings. The van der Waals surface area contributed by atoms with Gasteiger partial charge in [0.15, 0.2) is 0 Å². The Morgan fingerprint density at radius 3 is 2.58 bits per heavy atom. The third-order valence-electron chi connectivity index (χ3n) is 3.50. The maximum atomic E-state index is 12.4. The van der Waals surface area contributed by atoms with Crippen molar-refractivity contribution in [3.8, 4) is 0 Å². The van der Waals surface area contributed by atoms with E-state index in [1.54, 1.807) is 6.08 Å². The number of methoxy groups -OCH3 is 1. The van der Waals surface area contributed by atoms with Crippen LogP contribution >= 0.6 is 27.7 Å². The highest BCUT2D eigenvalue weighted by molar-refractivity contribution is 9.10. The number of benzene rings is 1. The summed E-state index contributed by atoms with van der Waals surface area (Å²) in [5.41, 5.74) is 1.78. The number of thioether (sulfide) groups is 1. The topological polar surface area (TPSA) is 66.9 Å². The van der Waals surface area contributed by atoms with Crippen molar-refractivity contribution in [3.63, 3.8) is 0 Å². The van der Waals surface area contributed by atoms with Crippen LogP contribution in [0.2, 0.25) is 0 Å². The maximum absolute atomic E-state index is 12.4. The number of amides is 2. The molecule has 8 heteroatoms. The Bertz CT molecular complexity index is 733. The van der Waals surface area contributed by atoms with E-state index in [1.807, 2.05) is 37.2 Å². The van der Waals surface area contributed by atoms with Crippen LogP contribution in [0.4, 0.5) is 10.5 Å². The molecule has 0 radical (unpaired) electrons. The summed E-state index contributed by atoms with van der Waals surface area (Å²) in [5.74, 6) is -1.12. The van der Waals surface area contributed by atoms with Gasteiger partial charge in [0.05, 0.1) is 17.7 Å². The smallest absolute Gasteiger partial charge is 0.328 e. The second-order valence-electron chi connectivity index (χ2n) is 5.36. The average Bonchev–Trinajstić information content (AvgIpc) is 2.79. The molecule has 6 nitrogen and oxygen atoms in total. The van der Waals surface area contributed by atoms with Crippen LogP contribution in [0.3, 0.4) is 0 Å². The standard InChI is InChI=1S/C16H17BrN2O4S/c1-9(15(21)23-4)19-14(20)13(24-16(19)22)8-10-5-6-12(18(2)3)11(17)7-10/h5-9H,1-4H3/b13-8-/t9-/m0/s1. The highest BCUT2D eigenvalue weighted by Crippen LogP contribution is 2.35. The van der Waals surface area contributed by atoms with E-state index in [1.165, 1.54) is 14.0 Å². The molecule has 0 spiro atoms. The fourth-order valence-corrected chi connectivity index (χ4v) is 3.88. The lowest BCUT2D eigenvalue weighted by Crippen LogP contribution is -2.42. The number of hydrogen-bond acceptors (Lipinski definition) is 6. The van der Waals surface area contributed by atoms with Crippen LogP contribution in [0.1, 0.15) is 12.5 Å². The molecule has 1 atom stereocenters. The zero-order chi connectivity index (χ0) is 18.0. The Labute approximate surface area is 152 Å². The van der Waals surface area contributed by atoms with Crippen molar-refractivity contribution in [3.05, 3.63) is 33.1 Å². The molecule has 1 aromatic carbocycles. The zero-order valence-electron chi connectivity index (χ0n) is 13.7. The number of carbonyl (C=O) groups excluding carboxylic acids is 3. The van der Waals surface area contributed by atoms with Crippen LogP contribution in [0, 0.1) is 0 Å². The van der Waals surface area contributed by atoms with Gasteiger partial charge in [-0.3, -0.25) is 14.5 Å². The molecular weight excluding hydrogens is 396 g/mol. The van der Waals surface area contributed by atoms with Gasteiger partial charge < -0.3 is 9.64 Å². The maximum Gasteiger partial charge on any atom is 0.328 e. The van der Waals surface area contributed by atoms with Crippen LogP contribution in [0.15, 0.2) is 27.6 Å². The fraction of sp³-hybridized carbons (Fsp3) is 0.312. The lowest BCUT2D eigenvalue weighted by Gasteiger charge is -2.18. The second kappa shape index (κ2) is 7.40. The highest BCUT2D eigenvalue weighted by Gasteiger charge is 2.41. The van der Waals surface area contributed by atoms with Gasteiger partial charge in [-0.05, 0) is 58.4 Å². The van der Waals surface area contributed by atoms with Crippen LogP contribution in [-0.4, -0.2) is 49.3 Å². The third kappa shape index (κ3) is 3.64. The van der Waals surface area contributed by atoms with E-state index in [4.69, 9.17) is 0 Å². The first kappa shape index (κ1) is 18.5. The molecule has 0 saturated carbocycles. The van der Waals surface area contributed by atoms with E-state index < -0.39 is 23.2 Å². The number of hydrogen-bond donors (Lipinski definition) is 0. The Kier molecular flexibility index (Phi) is 5.71. The number of imide groups is 1. The largest absolute Gasteiger partial charge is 0.467 e. The summed E-state index contributed by atoms with van der Waals surface area (Å²) in [7, 11) is 5.08. The van der Waals surface area contributed by atoms with Gasteiger partial charge in [0.2, 0.25) is 0 Å². The van der Waals surface area contributed by atoms with Crippen molar-refractivity contribution in [2.24, 2.45) is 0 Å². The Balaban J connectivity index is 2.29. The van der Waals surface area contributed by atoms with Crippen molar-refractivity contribution in [1.82, 2.24) is 4.90 Å². The van der Waals surface area contributed by atoms with Crippen molar-refractivity contribution in [2.45, 2.75) is 13.0 Å². The molecular formula is C16H17BrN2O4S. The summed E-state index contributed by atoms with van der Waals surface area (Å²) in [5, 5.41) is -0.479. The summed E-state index contributed by atoms with van der Waals surface area (Å²) in [6.07, 6.45) is 1.64. The molecule has 128 valence electrons. The molecule has 1 heterocycles. The van der Waals surface area contributed by atoms with Crippen LogP contribution in [0.5, 0.6) is 0 Å². The highest BCUT2D eigenvalue weighted by atomic mass is 79.9. The van der Waals surface area contributed by atoms with Crippen molar-refractivity contribution >= 4 is 56.6 Å². The quantitative estimate of drug-likeness (QED) is 0.558. The number of anilines is 1. The molecule has 1 aliphatic rings. The monoisotopic (exact) mass is 412 g/mol. The molecule has 1 fully saturated rings. The van der Waals surface area contributed by atoms with Gasteiger partial charge in [0.25, 0.3) is 11.1 Å². The van der Waals surface area contributed by atoms with E-state index >= 15 is 0 Å².